The lowest BCUT2D eigenvalue weighted by atomic mass is 10.1. The summed E-state index contributed by atoms with van der Waals surface area (Å²) in [5.41, 5.74) is 0. The number of nitrogens with one attached hydrogen (secondary N) is 1. The Morgan fingerprint density at radius 1 is 1.27 bits per heavy atom. The van der Waals surface area contributed by atoms with Crippen LogP contribution in [0.3, 0.4) is 0 Å². The molecule has 0 amide bonds. The van der Waals surface area contributed by atoms with Gasteiger partial charge in [0.05, 0.1) is 12.7 Å². The van der Waals surface area contributed by atoms with Gasteiger partial charge in [0.2, 0.25) is 0 Å². The van der Waals surface area contributed by atoms with Crippen molar-refractivity contribution >= 4 is 0 Å². The fourth-order valence-electron chi connectivity index (χ4n) is 2.36. The summed E-state index contributed by atoms with van der Waals surface area (Å²) < 4.78 is 5.80. The van der Waals surface area contributed by atoms with Gasteiger partial charge in [0.1, 0.15) is 0 Å². The Labute approximate surface area is 92.6 Å². The molecule has 2 fully saturated rings. The molecule has 1 N–H and O–H groups in total. The van der Waals surface area contributed by atoms with Gasteiger partial charge in [-0.25, -0.2) is 0 Å². The number of ether oxygens (including phenoxy) is 1. The third kappa shape index (κ3) is 2.91. The molecule has 4 nitrogen and oxygen atoms in total. The Bertz CT molecular complexity index is 186. The minimum atomic E-state index is 0.377. The molecule has 0 bridgehead atoms. The first kappa shape index (κ1) is 11.3. The van der Waals surface area contributed by atoms with Crippen LogP contribution in [0.5, 0.6) is 0 Å². The van der Waals surface area contributed by atoms with Gasteiger partial charge in [0.15, 0.2) is 0 Å². The largest absolute Gasteiger partial charge is 0.374 e. The molecular weight excluding hydrogens is 190 g/mol. The maximum atomic E-state index is 5.80. The van der Waals surface area contributed by atoms with Gasteiger partial charge in [-0.1, -0.05) is 0 Å². The number of rotatable bonds is 2. The van der Waals surface area contributed by atoms with Gasteiger partial charge < -0.3 is 15.0 Å². The van der Waals surface area contributed by atoms with Crippen LogP contribution >= 0.6 is 0 Å². The third-order valence-electron chi connectivity index (χ3n) is 3.61. The van der Waals surface area contributed by atoms with E-state index in [4.69, 9.17) is 4.74 Å². The van der Waals surface area contributed by atoms with Crippen molar-refractivity contribution in [3.8, 4) is 0 Å². The highest BCUT2D eigenvalue weighted by molar-refractivity contribution is 4.83. The number of piperazine rings is 1. The Balaban J connectivity index is 1.81. The molecule has 0 saturated carbocycles. The molecule has 15 heavy (non-hydrogen) atoms. The molecule has 2 unspecified atom stereocenters. The number of morpholine rings is 1. The van der Waals surface area contributed by atoms with Crippen LogP contribution in [0.2, 0.25) is 0 Å². The fourth-order valence-corrected chi connectivity index (χ4v) is 2.36. The van der Waals surface area contributed by atoms with Crippen molar-refractivity contribution in [2.24, 2.45) is 0 Å². The molecule has 2 aliphatic rings. The van der Waals surface area contributed by atoms with Crippen LogP contribution in [-0.2, 0) is 4.74 Å². The van der Waals surface area contributed by atoms with Crippen LogP contribution in [0.15, 0.2) is 0 Å². The lowest BCUT2D eigenvalue weighted by Crippen LogP contribution is -2.55. The summed E-state index contributed by atoms with van der Waals surface area (Å²) in [7, 11) is 2.20. The Hall–Kier alpha value is -0.160. The van der Waals surface area contributed by atoms with E-state index in [9.17, 15) is 0 Å². The van der Waals surface area contributed by atoms with E-state index < -0.39 is 0 Å². The van der Waals surface area contributed by atoms with Gasteiger partial charge in [-0.15, -0.1) is 0 Å². The zero-order chi connectivity index (χ0) is 10.7. The van der Waals surface area contributed by atoms with E-state index in [0.29, 0.717) is 12.1 Å². The fraction of sp³-hybridized carbons (Fsp3) is 1.00. The highest BCUT2D eigenvalue weighted by Gasteiger charge is 2.27. The summed E-state index contributed by atoms with van der Waals surface area (Å²) >= 11 is 0. The molecule has 0 spiro atoms. The highest BCUT2D eigenvalue weighted by atomic mass is 16.5. The van der Waals surface area contributed by atoms with Gasteiger partial charge in [-0.2, -0.15) is 0 Å². The van der Waals surface area contributed by atoms with Crippen molar-refractivity contribution < 1.29 is 4.74 Å². The van der Waals surface area contributed by atoms with Gasteiger partial charge >= 0.3 is 0 Å². The zero-order valence-electron chi connectivity index (χ0n) is 9.91. The van der Waals surface area contributed by atoms with E-state index in [0.717, 1.165) is 19.7 Å². The molecule has 0 aromatic rings. The SMILES string of the molecule is CC(C1CNCCO1)N1CCN(C)CC1. The number of hydrogen-bond donors (Lipinski definition) is 1. The van der Waals surface area contributed by atoms with Gasteiger partial charge in [0.25, 0.3) is 0 Å². The number of likely N-dealkylation sites (N-methyl/N-ethyl adjacent to an activating group) is 1. The average Bonchev–Trinajstić information content (AvgIpc) is 2.30. The van der Waals surface area contributed by atoms with E-state index in [-0.39, 0.29) is 0 Å². The minimum Gasteiger partial charge on any atom is -0.374 e. The zero-order valence-corrected chi connectivity index (χ0v) is 9.91. The molecule has 2 atom stereocenters. The Morgan fingerprint density at radius 2 is 2.00 bits per heavy atom. The minimum absolute atomic E-state index is 0.377. The predicted molar refractivity (Wildman–Crippen MR) is 61.1 cm³/mol. The van der Waals surface area contributed by atoms with E-state index in [1.165, 1.54) is 26.2 Å². The van der Waals surface area contributed by atoms with Gasteiger partial charge in [-0.05, 0) is 14.0 Å². The van der Waals surface area contributed by atoms with E-state index in [1.54, 1.807) is 0 Å². The second-order valence-corrected chi connectivity index (χ2v) is 4.69. The molecule has 0 aromatic carbocycles. The molecule has 2 rings (SSSR count). The van der Waals surface area contributed by atoms with Crippen LogP contribution in [0.1, 0.15) is 6.92 Å². The van der Waals surface area contributed by atoms with Crippen LogP contribution in [0.25, 0.3) is 0 Å². The molecule has 88 valence electrons. The lowest BCUT2D eigenvalue weighted by Gasteiger charge is -2.40. The topological polar surface area (TPSA) is 27.7 Å². The van der Waals surface area contributed by atoms with Crippen molar-refractivity contribution in [1.29, 1.82) is 0 Å². The van der Waals surface area contributed by atoms with Gasteiger partial charge in [0, 0.05) is 45.3 Å². The molecular formula is C11H23N3O. The predicted octanol–water partition coefficient (Wildman–Crippen LogP) is -0.389. The Morgan fingerprint density at radius 3 is 2.60 bits per heavy atom. The summed E-state index contributed by atoms with van der Waals surface area (Å²) in [6, 6.07) is 0.548. The first-order valence-corrected chi connectivity index (χ1v) is 6.02. The first-order valence-electron chi connectivity index (χ1n) is 6.02. The van der Waals surface area contributed by atoms with E-state index in [1.807, 2.05) is 0 Å². The van der Waals surface area contributed by atoms with Crippen molar-refractivity contribution in [1.82, 2.24) is 15.1 Å². The van der Waals surface area contributed by atoms with Crippen molar-refractivity contribution in [3.05, 3.63) is 0 Å². The molecule has 0 radical (unpaired) electrons. The standard InChI is InChI=1S/C11H23N3O/c1-10(11-9-12-3-8-15-11)14-6-4-13(2)5-7-14/h10-12H,3-9H2,1-2H3. The average molecular weight is 213 g/mol. The quantitative estimate of drug-likeness (QED) is 0.676. The molecule has 0 aliphatic carbocycles. The normalized spacial score (nSPS) is 32.8. The molecule has 2 heterocycles. The lowest BCUT2D eigenvalue weighted by molar-refractivity contribution is -0.0352. The van der Waals surface area contributed by atoms with Gasteiger partial charge in [-0.3, -0.25) is 4.90 Å². The molecule has 2 aliphatic heterocycles. The second-order valence-electron chi connectivity index (χ2n) is 4.69. The summed E-state index contributed by atoms with van der Waals surface area (Å²) in [5, 5.41) is 3.40. The number of nitrogens with zero attached hydrogens (tertiary/aromatic N) is 2. The van der Waals surface area contributed by atoms with E-state index in [2.05, 4.69) is 29.1 Å². The molecule has 2 saturated heterocycles. The monoisotopic (exact) mass is 213 g/mol. The van der Waals surface area contributed by atoms with Crippen LogP contribution in [0.4, 0.5) is 0 Å². The number of hydrogen-bond acceptors (Lipinski definition) is 4. The first-order chi connectivity index (χ1) is 7.27. The maximum absolute atomic E-state index is 5.80. The third-order valence-corrected chi connectivity index (χ3v) is 3.61. The van der Waals surface area contributed by atoms with E-state index >= 15 is 0 Å². The molecule has 0 aromatic heterocycles. The van der Waals surface area contributed by atoms with Crippen molar-refractivity contribution in [3.63, 3.8) is 0 Å². The summed E-state index contributed by atoms with van der Waals surface area (Å²) in [4.78, 5) is 4.95. The highest BCUT2D eigenvalue weighted by Crippen LogP contribution is 2.12. The summed E-state index contributed by atoms with van der Waals surface area (Å²) in [5.74, 6) is 0. The van der Waals surface area contributed by atoms with Crippen LogP contribution in [0, 0.1) is 0 Å². The maximum Gasteiger partial charge on any atom is 0.0852 e. The second kappa shape index (κ2) is 5.25. The van der Waals surface area contributed by atoms with Crippen molar-refractivity contribution in [2.75, 3.05) is 52.9 Å². The van der Waals surface area contributed by atoms with Crippen LogP contribution < -0.4 is 5.32 Å². The Kier molecular flexibility index (Phi) is 3.97. The molecule has 4 heteroatoms. The smallest absolute Gasteiger partial charge is 0.0852 e. The van der Waals surface area contributed by atoms with Crippen molar-refractivity contribution in [2.45, 2.75) is 19.1 Å². The summed E-state index contributed by atoms with van der Waals surface area (Å²) in [6.45, 7) is 9.90. The summed E-state index contributed by atoms with van der Waals surface area (Å²) in [6.07, 6.45) is 0.377. The van der Waals surface area contributed by atoms with Crippen LogP contribution in [-0.4, -0.2) is 74.9 Å².